The lowest BCUT2D eigenvalue weighted by Crippen LogP contribution is -2.12. The maximum atomic E-state index is 13.0. The summed E-state index contributed by atoms with van der Waals surface area (Å²) in [5.74, 6) is -0.504. The SMILES string of the molecule is Cn1cc(S(=O)(=O)Nc2cccc(F)c2)cc1CN. The molecular weight excluding hydrogens is 269 g/mol. The van der Waals surface area contributed by atoms with Crippen LogP contribution in [0.2, 0.25) is 0 Å². The lowest BCUT2D eigenvalue weighted by molar-refractivity contribution is 0.601. The molecule has 102 valence electrons. The number of hydrogen-bond donors (Lipinski definition) is 2. The molecule has 7 heteroatoms. The van der Waals surface area contributed by atoms with Gasteiger partial charge in [0.15, 0.2) is 0 Å². The molecule has 0 bridgehead atoms. The average molecular weight is 283 g/mol. The van der Waals surface area contributed by atoms with E-state index in [1.807, 2.05) is 0 Å². The van der Waals surface area contributed by atoms with Gasteiger partial charge in [0.25, 0.3) is 10.0 Å². The number of aromatic nitrogens is 1. The summed E-state index contributed by atoms with van der Waals surface area (Å²) in [4.78, 5) is 0.0970. The molecule has 0 amide bonds. The van der Waals surface area contributed by atoms with E-state index in [4.69, 9.17) is 5.73 Å². The second-order valence-corrected chi connectivity index (χ2v) is 5.78. The third-order valence-electron chi connectivity index (χ3n) is 2.68. The quantitative estimate of drug-likeness (QED) is 0.891. The van der Waals surface area contributed by atoms with Crippen molar-refractivity contribution in [1.82, 2.24) is 4.57 Å². The summed E-state index contributed by atoms with van der Waals surface area (Å²) >= 11 is 0. The van der Waals surface area contributed by atoms with Gasteiger partial charge >= 0.3 is 0 Å². The van der Waals surface area contributed by atoms with Crippen molar-refractivity contribution in [2.75, 3.05) is 4.72 Å². The zero-order chi connectivity index (χ0) is 14.0. The Balaban J connectivity index is 2.32. The van der Waals surface area contributed by atoms with Gasteiger partial charge in [0, 0.05) is 25.5 Å². The number of sulfonamides is 1. The van der Waals surface area contributed by atoms with E-state index in [1.54, 1.807) is 11.6 Å². The van der Waals surface area contributed by atoms with Crippen LogP contribution in [-0.2, 0) is 23.6 Å². The van der Waals surface area contributed by atoms with Gasteiger partial charge in [-0.05, 0) is 24.3 Å². The predicted molar refractivity (Wildman–Crippen MR) is 70.5 cm³/mol. The number of anilines is 1. The summed E-state index contributed by atoms with van der Waals surface area (Å²) < 4.78 is 41.2. The van der Waals surface area contributed by atoms with Crippen LogP contribution in [0.25, 0.3) is 0 Å². The second kappa shape index (κ2) is 5.02. The number of rotatable bonds is 4. The molecule has 0 fully saturated rings. The van der Waals surface area contributed by atoms with Crippen LogP contribution < -0.4 is 10.5 Å². The van der Waals surface area contributed by atoms with Crippen molar-refractivity contribution in [3.63, 3.8) is 0 Å². The van der Waals surface area contributed by atoms with Gasteiger partial charge in [-0.2, -0.15) is 0 Å². The number of halogens is 1. The molecule has 0 saturated carbocycles. The number of aryl methyl sites for hydroxylation is 1. The highest BCUT2D eigenvalue weighted by atomic mass is 32.2. The Kier molecular flexibility index (Phi) is 3.59. The van der Waals surface area contributed by atoms with Gasteiger partial charge in [-0.15, -0.1) is 0 Å². The Bertz CT molecular complexity index is 695. The van der Waals surface area contributed by atoms with Crippen molar-refractivity contribution in [3.05, 3.63) is 48.0 Å². The molecule has 2 rings (SSSR count). The summed E-state index contributed by atoms with van der Waals surface area (Å²) in [6.07, 6.45) is 1.46. The van der Waals surface area contributed by atoms with E-state index < -0.39 is 15.8 Å². The molecule has 1 aromatic carbocycles. The molecule has 0 spiro atoms. The number of benzene rings is 1. The lowest BCUT2D eigenvalue weighted by atomic mass is 10.3. The summed E-state index contributed by atoms with van der Waals surface area (Å²) in [6, 6.07) is 6.76. The number of hydrogen-bond acceptors (Lipinski definition) is 3. The fraction of sp³-hybridized carbons (Fsp3) is 0.167. The zero-order valence-corrected chi connectivity index (χ0v) is 11.1. The zero-order valence-electron chi connectivity index (χ0n) is 10.3. The van der Waals surface area contributed by atoms with Crippen molar-refractivity contribution in [2.45, 2.75) is 11.4 Å². The normalized spacial score (nSPS) is 11.5. The summed E-state index contributed by atoms with van der Waals surface area (Å²) in [5.41, 5.74) is 6.37. The van der Waals surface area contributed by atoms with E-state index in [-0.39, 0.29) is 17.1 Å². The predicted octanol–water partition coefficient (Wildman–Crippen LogP) is 1.42. The van der Waals surface area contributed by atoms with Crippen LogP contribution >= 0.6 is 0 Å². The Morgan fingerprint density at radius 1 is 1.37 bits per heavy atom. The molecule has 0 atom stereocenters. The minimum absolute atomic E-state index is 0.0970. The fourth-order valence-corrected chi connectivity index (χ4v) is 2.84. The van der Waals surface area contributed by atoms with Crippen molar-refractivity contribution in [3.8, 4) is 0 Å². The van der Waals surface area contributed by atoms with Crippen LogP contribution in [0.4, 0.5) is 10.1 Å². The monoisotopic (exact) mass is 283 g/mol. The lowest BCUT2D eigenvalue weighted by Gasteiger charge is -2.06. The molecule has 5 nitrogen and oxygen atoms in total. The molecule has 3 N–H and O–H groups in total. The second-order valence-electron chi connectivity index (χ2n) is 4.10. The van der Waals surface area contributed by atoms with E-state index in [0.29, 0.717) is 5.69 Å². The van der Waals surface area contributed by atoms with E-state index in [0.717, 1.165) is 6.07 Å². The van der Waals surface area contributed by atoms with Gasteiger partial charge in [0.05, 0.1) is 5.69 Å². The molecule has 2 aromatic rings. The Morgan fingerprint density at radius 3 is 2.68 bits per heavy atom. The van der Waals surface area contributed by atoms with Crippen molar-refractivity contribution in [1.29, 1.82) is 0 Å². The van der Waals surface area contributed by atoms with Gasteiger partial charge < -0.3 is 10.3 Å². The van der Waals surface area contributed by atoms with E-state index in [1.165, 1.54) is 30.5 Å². The number of nitrogens with one attached hydrogen (secondary N) is 1. The van der Waals surface area contributed by atoms with Crippen LogP contribution in [0.1, 0.15) is 5.69 Å². The first-order valence-corrected chi connectivity index (χ1v) is 7.04. The molecule has 0 aliphatic heterocycles. The molecule has 0 aliphatic rings. The van der Waals surface area contributed by atoms with Crippen LogP contribution in [0.3, 0.4) is 0 Å². The fourth-order valence-electron chi connectivity index (χ4n) is 1.69. The first-order chi connectivity index (χ1) is 8.92. The van der Waals surface area contributed by atoms with E-state index in [2.05, 4.69) is 4.72 Å². The van der Waals surface area contributed by atoms with Crippen molar-refractivity contribution < 1.29 is 12.8 Å². The maximum absolute atomic E-state index is 13.0. The topological polar surface area (TPSA) is 77.1 Å². The molecule has 0 saturated heterocycles. The molecule has 19 heavy (non-hydrogen) atoms. The van der Waals surface area contributed by atoms with E-state index in [9.17, 15) is 12.8 Å². The molecule has 0 aliphatic carbocycles. The first kappa shape index (κ1) is 13.6. The molecule has 1 heterocycles. The summed E-state index contributed by atoms with van der Waals surface area (Å²) in [7, 11) is -2.02. The van der Waals surface area contributed by atoms with Gasteiger partial charge in [0.1, 0.15) is 10.7 Å². The molecule has 0 unspecified atom stereocenters. The highest BCUT2D eigenvalue weighted by Crippen LogP contribution is 2.18. The third-order valence-corrected chi connectivity index (χ3v) is 4.03. The Labute approximate surface area is 110 Å². The van der Waals surface area contributed by atoms with Crippen LogP contribution in [0.5, 0.6) is 0 Å². The smallest absolute Gasteiger partial charge is 0.263 e. The first-order valence-electron chi connectivity index (χ1n) is 5.56. The Morgan fingerprint density at radius 2 is 2.11 bits per heavy atom. The Hall–Kier alpha value is -1.86. The highest BCUT2D eigenvalue weighted by molar-refractivity contribution is 7.92. The number of nitrogens with two attached hydrogens (primary N) is 1. The largest absolute Gasteiger partial charge is 0.352 e. The maximum Gasteiger partial charge on any atom is 0.263 e. The highest BCUT2D eigenvalue weighted by Gasteiger charge is 2.17. The minimum Gasteiger partial charge on any atom is -0.352 e. The van der Waals surface area contributed by atoms with Crippen LogP contribution in [-0.4, -0.2) is 13.0 Å². The summed E-state index contributed by atoms with van der Waals surface area (Å²) in [5, 5.41) is 0. The average Bonchev–Trinajstić information content (AvgIpc) is 2.71. The van der Waals surface area contributed by atoms with Crippen LogP contribution in [0.15, 0.2) is 41.4 Å². The van der Waals surface area contributed by atoms with Crippen molar-refractivity contribution >= 4 is 15.7 Å². The molecule has 0 radical (unpaired) electrons. The van der Waals surface area contributed by atoms with Crippen molar-refractivity contribution in [2.24, 2.45) is 12.8 Å². The van der Waals surface area contributed by atoms with Gasteiger partial charge in [0.2, 0.25) is 0 Å². The minimum atomic E-state index is -3.73. The number of nitrogens with zero attached hydrogens (tertiary/aromatic N) is 1. The molecular formula is C12H14FN3O2S. The third kappa shape index (κ3) is 2.94. The van der Waals surface area contributed by atoms with Gasteiger partial charge in [-0.3, -0.25) is 4.72 Å². The molecule has 1 aromatic heterocycles. The van der Waals surface area contributed by atoms with Crippen LogP contribution in [0, 0.1) is 5.82 Å². The van der Waals surface area contributed by atoms with E-state index >= 15 is 0 Å². The standard InChI is InChI=1S/C12H14FN3O2S/c1-16-8-12(6-11(16)7-14)19(17,18)15-10-4-2-3-9(13)5-10/h2-6,8,15H,7,14H2,1H3. The van der Waals surface area contributed by atoms with Gasteiger partial charge in [-0.25, -0.2) is 12.8 Å². The van der Waals surface area contributed by atoms with Gasteiger partial charge in [-0.1, -0.05) is 6.07 Å². The summed E-state index contributed by atoms with van der Waals surface area (Å²) in [6.45, 7) is 0.242.